The third-order valence-electron chi connectivity index (χ3n) is 18.4. The lowest BCUT2D eigenvalue weighted by Crippen LogP contribution is -2.50. The summed E-state index contributed by atoms with van der Waals surface area (Å²) in [5, 5.41) is 44.0. The molecular formula is C69H85FN14O10. The molecule has 0 spiro atoms. The first kappa shape index (κ1) is 65.4. The number of halogens is 1. The van der Waals surface area contributed by atoms with Gasteiger partial charge in [0.05, 0.1) is 54.2 Å². The summed E-state index contributed by atoms with van der Waals surface area (Å²) < 4.78 is 53.4. The number of anilines is 1. The number of pyridine rings is 1. The Kier molecular flexibility index (Phi) is 19.0. The normalized spacial score (nSPS) is 19.5. The van der Waals surface area contributed by atoms with Gasteiger partial charge in [0.2, 0.25) is 11.8 Å². The van der Waals surface area contributed by atoms with Gasteiger partial charge in [0.1, 0.15) is 53.7 Å². The fourth-order valence-electron chi connectivity index (χ4n) is 13.1. The molecule has 7 atom stereocenters. The molecule has 3 amide bonds. The third-order valence-corrected chi connectivity index (χ3v) is 18.4. The van der Waals surface area contributed by atoms with Crippen LogP contribution in [0.5, 0.6) is 11.8 Å². The lowest BCUT2D eigenvalue weighted by Gasteiger charge is -2.30. The van der Waals surface area contributed by atoms with E-state index in [9.17, 15) is 24.6 Å². The number of hydrogen-bond donors (Lipinski definition) is 3. The number of rotatable bonds is 22. The molecule has 0 bridgehead atoms. The number of carbonyl (C=O) groups is 3. The molecule has 3 N–H and O–H groups in total. The predicted molar refractivity (Wildman–Crippen MR) is 349 cm³/mol. The number of aryl methyl sites for hydroxylation is 1. The first-order valence-electron chi connectivity index (χ1n) is 32.8. The fraction of sp³-hybridized carbons (Fsp3) is 0.507. The second-order valence-corrected chi connectivity index (χ2v) is 26.6. The number of nitrogens with zero attached hydrogens (tertiary/aromatic N) is 13. The number of nitrogens with one attached hydrogen (secondary N) is 1. The van der Waals surface area contributed by atoms with Crippen LogP contribution in [-0.2, 0) is 37.0 Å². The third kappa shape index (κ3) is 13.5. The maximum Gasteiger partial charge on any atom is 0.410 e. The number of methoxy groups -OCH3 is 1. The first-order chi connectivity index (χ1) is 45.2. The molecule has 3 aromatic carbocycles. The van der Waals surface area contributed by atoms with Crippen LogP contribution in [0.15, 0.2) is 79.4 Å². The minimum atomic E-state index is -1.04. The van der Waals surface area contributed by atoms with Gasteiger partial charge in [-0.1, -0.05) is 43.3 Å². The molecule has 25 heteroatoms. The number of aliphatic hydroxyl groups is 2. The number of ether oxygens (including phenoxy) is 5. The Bertz CT molecular complexity index is 4040. The van der Waals surface area contributed by atoms with Crippen molar-refractivity contribution >= 4 is 45.5 Å². The van der Waals surface area contributed by atoms with Gasteiger partial charge in [0.15, 0.2) is 12.0 Å². The quantitative estimate of drug-likeness (QED) is 0.0570. The lowest BCUT2D eigenvalue weighted by molar-refractivity contribution is -0.142. The van der Waals surface area contributed by atoms with Gasteiger partial charge in [-0.25, -0.2) is 18.5 Å². The van der Waals surface area contributed by atoms with Crippen LogP contribution in [-0.4, -0.2) is 171 Å². The Morgan fingerprint density at radius 2 is 1.71 bits per heavy atom. The summed E-state index contributed by atoms with van der Waals surface area (Å²) in [5.41, 5.74) is 7.22. The van der Waals surface area contributed by atoms with Crippen LogP contribution in [0.1, 0.15) is 140 Å². The van der Waals surface area contributed by atoms with Crippen LogP contribution in [0.2, 0.25) is 0 Å². The second kappa shape index (κ2) is 27.4. The molecule has 24 nitrogen and oxygen atoms in total. The van der Waals surface area contributed by atoms with Gasteiger partial charge in [0.25, 0.3) is 0 Å². The summed E-state index contributed by atoms with van der Waals surface area (Å²) in [6.45, 7) is 16.8. The smallest absolute Gasteiger partial charge is 0.410 e. The molecule has 4 aliphatic rings. The van der Waals surface area contributed by atoms with Gasteiger partial charge >= 0.3 is 12.1 Å². The zero-order chi connectivity index (χ0) is 66.3. The first-order valence-corrected chi connectivity index (χ1v) is 32.8. The van der Waals surface area contributed by atoms with Gasteiger partial charge in [-0.2, -0.15) is 20.2 Å². The maximum absolute atomic E-state index is 17.0. The van der Waals surface area contributed by atoms with Crippen LogP contribution in [0, 0.1) is 18.7 Å². The molecule has 1 unspecified atom stereocenters. The Morgan fingerprint density at radius 3 is 2.40 bits per heavy atom. The van der Waals surface area contributed by atoms with Crippen molar-refractivity contribution in [3.05, 3.63) is 108 Å². The standard InChI is InChI=1S/C69H85FN14O10/c1-11-82-55(23-25-72-82)45-21-22-52(71-31-45)54(36-85)74-65(87)57-28-47(86)34-81(57)66(88)62(39(2)3)83-35-53(77-78-83)44-17-15-42(16-18-44)38-92-63-60(59-41(5)51(70)30-56-50(59)32-73-84(56)58-14-12-13-27-91-58)48(43-19-20-43)29-49-61(63)75-67(93-37-40(4)90-10)76-64(49)79(9)46-24-26-80(33-46)68(89)94-69(6,7)8/h15-18,21-23,25,29-32,35,39-40,43,46-47,54,57-58,62,85-86H,11-14,19-20,24,26-28,33-34,36-38H2,1-10H3,(H,74,87)/t40-,46-,47+,54-,57-,58?,62-/m0/s1. The lowest BCUT2D eigenvalue weighted by atomic mass is 9.88. The van der Waals surface area contributed by atoms with E-state index in [-0.39, 0.29) is 68.5 Å². The molecule has 1 aliphatic carbocycles. The topological polar surface area (TPSA) is 265 Å². The Hall–Kier alpha value is -8.65. The molecule has 8 heterocycles. The number of likely N-dealkylation sites (N-methyl/N-ethyl adjacent to an activating group) is 1. The summed E-state index contributed by atoms with van der Waals surface area (Å²) in [5.74, 6) is -0.578. The highest BCUT2D eigenvalue weighted by atomic mass is 19.1. The van der Waals surface area contributed by atoms with Gasteiger partial charge in [-0.05, 0) is 133 Å². The molecule has 0 radical (unpaired) electrons. The summed E-state index contributed by atoms with van der Waals surface area (Å²) >= 11 is 0. The zero-order valence-corrected chi connectivity index (χ0v) is 55.2. The Balaban J connectivity index is 0.856. The molecule has 3 saturated heterocycles. The van der Waals surface area contributed by atoms with Crippen molar-refractivity contribution in [2.24, 2.45) is 5.92 Å². The number of aromatic nitrogens is 10. The number of β-amino-alcohol motifs (C(OH)–C–C–N with tert-alkyl or cyclic N) is 1. The van der Waals surface area contributed by atoms with Crippen molar-refractivity contribution in [1.82, 2.24) is 64.6 Å². The number of aliphatic hydroxyl groups excluding tert-OH is 2. The number of hydrogen-bond acceptors (Lipinski definition) is 18. The van der Waals surface area contributed by atoms with E-state index in [0.29, 0.717) is 94.3 Å². The van der Waals surface area contributed by atoms with E-state index >= 15 is 4.39 Å². The highest BCUT2D eigenvalue weighted by Gasteiger charge is 2.44. The Labute approximate surface area is 545 Å². The van der Waals surface area contributed by atoms with Crippen molar-refractivity contribution < 1.29 is 52.7 Å². The minimum Gasteiger partial charge on any atom is -0.486 e. The fourth-order valence-corrected chi connectivity index (χ4v) is 13.1. The molecule has 94 heavy (non-hydrogen) atoms. The molecule has 4 fully saturated rings. The number of likely N-dealkylation sites (tertiary alicyclic amines) is 2. The van der Waals surface area contributed by atoms with Crippen molar-refractivity contribution in [2.75, 3.05) is 58.5 Å². The van der Waals surface area contributed by atoms with E-state index < -0.39 is 54.1 Å². The summed E-state index contributed by atoms with van der Waals surface area (Å²) in [4.78, 5) is 62.4. The summed E-state index contributed by atoms with van der Waals surface area (Å²) in [7, 11) is 3.58. The minimum absolute atomic E-state index is 0.000142. The van der Waals surface area contributed by atoms with E-state index in [2.05, 4.69) is 36.7 Å². The van der Waals surface area contributed by atoms with Crippen LogP contribution in [0.4, 0.5) is 15.0 Å². The average molecular weight is 1290 g/mol. The number of carbonyl (C=O) groups excluding carboxylic acids is 3. The summed E-state index contributed by atoms with van der Waals surface area (Å²) in [6, 6.07) is 13.9. The Morgan fingerprint density at radius 1 is 0.926 bits per heavy atom. The van der Waals surface area contributed by atoms with Crippen molar-refractivity contribution in [3.63, 3.8) is 0 Å². The number of fused-ring (bicyclic) bond motifs is 2. The largest absolute Gasteiger partial charge is 0.486 e. The second-order valence-electron chi connectivity index (χ2n) is 26.6. The molecule has 3 aliphatic heterocycles. The maximum atomic E-state index is 17.0. The van der Waals surface area contributed by atoms with E-state index in [1.807, 2.05) is 96.6 Å². The van der Waals surface area contributed by atoms with Crippen LogP contribution in [0.3, 0.4) is 0 Å². The van der Waals surface area contributed by atoms with E-state index in [4.69, 9.17) is 38.8 Å². The molecular weight excluding hydrogens is 1200 g/mol. The van der Waals surface area contributed by atoms with Gasteiger partial charge in [-0.15, -0.1) is 5.10 Å². The van der Waals surface area contributed by atoms with Crippen LogP contribution >= 0.6 is 0 Å². The summed E-state index contributed by atoms with van der Waals surface area (Å²) in [6.07, 6.45) is 9.97. The van der Waals surface area contributed by atoms with Gasteiger partial charge in [0, 0.05) is 111 Å². The molecule has 498 valence electrons. The highest BCUT2D eigenvalue weighted by molar-refractivity contribution is 6.06. The van der Waals surface area contributed by atoms with E-state index in [1.54, 1.807) is 60.5 Å². The number of benzene rings is 3. The van der Waals surface area contributed by atoms with Crippen LogP contribution in [0.25, 0.3) is 55.4 Å². The number of amides is 3. The zero-order valence-electron chi connectivity index (χ0n) is 55.2. The molecule has 8 aromatic rings. The van der Waals surface area contributed by atoms with E-state index in [0.717, 1.165) is 59.9 Å². The van der Waals surface area contributed by atoms with Crippen molar-refractivity contribution in [1.29, 1.82) is 0 Å². The van der Waals surface area contributed by atoms with Crippen molar-refractivity contribution in [3.8, 4) is 45.4 Å². The highest BCUT2D eigenvalue weighted by Crippen LogP contribution is 2.54. The van der Waals surface area contributed by atoms with Gasteiger partial charge in [-0.3, -0.25) is 19.3 Å². The predicted octanol–water partition coefficient (Wildman–Crippen LogP) is 9.65. The average Bonchev–Trinajstić information content (AvgIpc) is 1.45. The van der Waals surface area contributed by atoms with Crippen molar-refractivity contribution in [2.45, 2.75) is 168 Å². The molecule has 12 rings (SSSR count). The molecule has 5 aromatic heterocycles. The van der Waals surface area contributed by atoms with Crippen LogP contribution < -0.4 is 19.7 Å². The van der Waals surface area contributed by atoms with Gasteiger partial charge < -0.3 is 53.9 Å². The molecule has 1 saturated carbocycles. The monoisotopic (exact) mass is 1290 g/mol. The van der Waals surface area contributed by atoms with E-state index in [1.165, 1.54) is 9.58 Å². The SMILES string of the molecule is CCn1nccc1-c1ccc([C@H](CO)NC(=O)[C@@H]2C[C@@H](O)CN2C(=O)[C@H](C(C)C)n2cc(-c3ccc(COc4c(-c5c(C)c(F)cc6c5cnn6C5CCCCO5)c(C5CC5)cc5c(N(C)[C@H]6CCN(C(=O)OC(C)(C)C)C6)nc(OC[C@H](C)OC)nc45)cc3)nn2)nc1.